The summed E-state index contributed by atoms with van der Waals surface area (Å²) in [6.07, 6.45) is 1.54. The van der Waals surface area contributed by atoms with E-state index in [0.29, 0.717) is 10.8 Å². The number of carbonyl (C=O) groups is 1. The van der Waals surface area contributed by atoms with Crippen LogP contribution in [0.1, 0.15) is 11.1 Å². The number of aryl methyl sites for hydroxylation is 1. The molecule has 0 bridgehead atoms. The lowest BCUT2D eigenvalue weighted by Crippen LogP contribution is -2.24. The predicted molar refractivity (Wildman–Crippen MR) is 99.3 cm³/mol. The molecule has 0 aliphatic carbocycles. The van der Waals surface area contributed by atoms with Gasteiger partial charge < -0.3 is 4.74 Å². The van der Waals surface area contributed by atoms with Gasteiger partial charge in [0.15, 0.2) is 6.61 Å². The normalized spacial score (nSPS) is 10.8. The minimum Gasteiger partial charge on any atom is -0.482 e. The second-order valence-corrected chi connectivity index (χ2v) is 6.87. The number of halogens is 3. The highest BCUT2D eigenvalue weighted by atomic mass is 79.9. The number of amides is 1. The number of hydrogen-bond donors (Lipinski definition) is 1. The standard InChI is InChI=1S/C16H13Br2ClN2O2/c1-10-6-12(17)7-14(18)16(10)23-9-15(22)21-20-8-11-2-4-13(19)5-3-11/h2-8H,9H2,1H3,(H,21,22)/b20-8+. The highest BCUT2D eigenvalue weighted by molar-refractivity contribution is 9.11. The van der Waals surface area contributed by atoms with Crippen LogP contribution in [0, 0.1) is 6.92 Å². The molecule has 1 N–H and O–H groups in total. The molecule has 0 atom stereocenters. The van der Waals surface area contributed by atoms with Crippen LogP contribution in [0.4, 0.5) is 0 Å². The Kier molecular flexibility index (Phi) is 6.62. The molecule has 0 saturated carbocycles. The summed E-state index contributed by atoms with van der Waals surface area (Å²) >= 11 is 12.6. The first-order valence-corrected chi connectivity index (χ1v) is 8.58. The summed E-state index contributed by atoms with van der Waals surface area (Å²) in [6, 6.07) is 10.9. The van der Waals surface area contributed by atoms with Crippen LogP contribution in [-0.2, 0) is 4.79 Å². The lowest BCUT2D eigenvalue weighted by Gasteiger charge is -2.10. The van der Waals surface area contributed by atoms with Crippen LogP contribution in [-0.4, -0.2) is 18.7 Å². The number of nitrogens with one attached hydrogen (secondary N) is 1. The second kappa shape index (κ2) is 8.47. The first-order chi connectivity index (χ1) is 11.0. The van der Waals surface area contributed by atoms with E-state index in [9.17, 15) is 4.79 Å². The van der Waals surface area contributed by atoms with Crippen molar-refractivity contribution in [2.45, 2.75) is 6.92 Å². The molecule has 2 aromatic carbocycles. The van der Waals surface area contributed by atoms with E-state index in [1.807, 2.05) is 19.1 Å². The minimum absolute atomic E-state index is 0.126. The Morgan fingerprint density at radius 3 is 2.65 bits per heavy atom. The summed E-state index contributed by atoms with van der Waals surface area (Å²) in [5, 5.41) is 4.52. The van der Waals surface area contributed by atoms with Crippen LogP contribution in [0.15, 0.2) is 50.4 Å². The Morgan fingerprint density at radius 2 is 2.00 bits per heavy atom. The largest absolute Gasteiger partial charge is 0.482 e. The lowest BCUT2D eigenvalue weighted by atomic mass is 10.2. The summed E-state index contributed by atoms with van der Waals surface area (Å²) in [6.45, 7) is 1.78. The maximum atomic E-state index is 11.8. The van der Waals surface area contributed by atoms with Crippen molar-refractivity contribution in [1.82, 2.24) is 5.43 Å². The van der Waals surface area contributed by atoms with Gasteiger partial charge in [0, 0.05) is 9.50 Å². The van der Waals surface area contributed by atoms with Gasteiger partial charge in [0.25, 0.3) is 5.91 Å². The molecule has 0 radical (unpaired) electrons. The van der Waals surface area contributed by atoms with Gasteiger partial charge in [-0.1, -0.05) is 39.7 Å². The van der Waals surface area contributed by atoms with Crippen molar-refractivity contribution in [3.63, 3.8) is 0 Å². The third-order valence-electron chi connectivity index (χ3n) is 2.81. The van der Waals surface area contributed by atoms with E-state index in [-0.39, 0.29) is 12.5 Å². The van der Waals surface area contributed by atoms with Crippen molar-refractivity contribution < 1.29 is 9.53 Å². The maximum Gasteiger partial charge on any atom is 0.277 e. The van der Waals surface area contributed by atoms with Crippen LogP contribution in [0.25, 0.3) is 0 Å². The molecule has 0 spiro atoms. The van der Waals surface area contributed by atoms with Crippen LogP contribution in [0.3, 0.4) is 0 Å². The van der Waals surface area contributed by atoms with E-state index in [1.54, 1.807) is 24.3 Å². The van der Waals surface area contributed by atoms with Gasteiger partial charge in [0.1, 0.15) is 5.75 Å². The zero-order valence-corrected chi connectivity index (χ0v) is 16.1. The number of ether oxygens (including phenoxy) is 1. The molecule has 0 aromatic heterocycles. The van der Waals surface area contributed by atoms with Gasteiger partial charge in [0.2, 0.25) is 0 Å². The van der Waals surface area contributed by atoms with Crippen LogP contribution in [0.2, 0.25) is 5.02 Å². The van der Waals surface area contributed by atoms with Gasteiger partial charge in [-0.15, -0.1) is 0 Å². The topological polar surface area (TPSA) is 50.7 Å². The zero-order valence-electron chi connectivity index (χ0n) is 12.1. The molecule has 0 aliphatic rings. The van der Waals surface area contributed by atoms with Gasteiger partial charge in [0.05, 0.1) is 10.7 Å². The van der Waals surface area contributed by atoms with Crippen molar-refractivity contribution in [3.8, 4) is 5.75 Å². The quantitative estimate of drug-likeness (QED) is 0.519. The van der Waals surface area contributed by atoms with Crippen LogP contribution in [0.5, 0.6) is 5.75 Å². The van der Waals surface area contributed by atoms with Crippen LogP contribution >= 0.6 is 43.5 Å². The van der Waals surface area contributed by atoms with Gasteiger partial charge in [-0.2, -0.15) is 5.10 Å². The van der Waals surface area contributed by atoms with Gasteiger partial charge in [-0.3, -0.25) is 4.79 Å². The lowest BCUT2D eigenvalue weighted by molar-refractivity contribution is -0.123. The van der Waals surface area contributed by atoms with E-state index in [2.05, 4.69) is 42.4 Å². The maximum absolute atomic E-state index is 11.8. The van der Waals surface area contributed by atoms with E-state index in [1.165, 1.54) is 6.21 Å². The van der Waals surface area contributed by atoms with Crippen molar-refractivity contribution in [1.29, 1.82) is 0 Å². The Labute approximate surface area is 156 Å². The van der Waals surface area contributed by atoms with E-state index >= 15 is 0 Å². The summed E-state index contributed by atoms with van der Waals surface area (Å²) in [4.78, 5) is 11.8. The summed E-state index contributed by atoms with van der Waals surface area (Å²) < 4.78 is 7.25. The number of hydrazone groups is 1. The van der Waals surface area contributed by atoms with Crippen molar-refractivity contribution >= 4 is 55.6 Å². The molecular formula is C16H13Br2ClN2O2. The van der Waals surface area contributed by atoms with E-state index in [4.69, 9.17) is 16.3 Å². The molecule has 0 aliphatic heterocycles. The Balaban J connectivity index is 1.87. The molecule has 2 rings (SSSR count). The molecule has 0 unspecified atom stereocenters. The molecule has 7 heteroatoms. The van der Waals surface area contributed by atoms with E-state index < -0.39 is 0 Å². The molecule has 4 nitrogen and oxygen atoms in total. The number of hydrogen-bond acceptors (Lipinski definition) is 3. The monoisotopic (exact) mass is 458 g/mol. The fraction of sp³-hybridized carbons (Fsp3) is 0.125. The number of benzene rings is 2. The molecule has 23 heavy (non-hydrogen) atoms. The molecule has 1 amide bonds. The SMILES string of the molecule is Cc1cc(Br)cc(Br)c1OCC(=O)N/N=C/c1ccc(Cl)cc1. The fourth-order valence-corrected chi connectivity index (χ4v) is 3.45. The van der Waals surface area contributed by atoms with Gasteiger partial charge >= 0.3 is 0 Å². The molecule has 0 heterocycles. The molecular weight excluding hydrogens is 447 g/mol. The smallest absolute Gasteiger partial charge is 0.277 e. The van der Waals surface area contributed by atoms with Crippen molar-refractivity contribution in [2.24, 2.45) is 5.10 Å². The number of rotatable bonds is 5. The Morgan fingerprint density at radius 1 is 1.30 bits per heavy atom. The minimum atomic E-state index is -0.343. The highest BCUT2D eigenvalue weighted by Crippen LogP contribution is 2.32. The average Bonchev–Trinajstić information content (AvgIpc) is 2.48. The van der Waals surface area contributed by atoms with Gasteiger partial charge in [-0.25, -0.2) is 5.43 Å². The second-order valence-electron chi connectivity index (χ2n) is 4.67. The molecule has 0 saturated heterocycles. The zero-order chi connectivity index (χ0) is 16.8. The average molecular weight is 461 g/mol. The summed E-state index contributed by atoms with van der Waals surface area (Å²) in [5.74, 6) is 0.287. The highest BCUT2D eigenvalue weighted by Gasteiger charge is 2.09. The third-order valence-corrected chi connectivity index (χ3v) is 4.11. The van der Waals surface area contributed by atoms with E-state index in [0.717, 1.165) is 20.1 Å². The Bertz CT molecular complexity index is 710. The van der Waals surface area contributed by atoms with Crippen molar-refractivity contribution in [2.75, 3.05) is 6.61 Å². The Hall–Kier alpha value is -1.37. The summed E-state index contributed by atoms with van der Waals surface area (Å²) in [5.41, 5.74) is 4.17. The number of nitrogens with zero attached hydrogens (tertiary/aromatic N) is 1. The number of carbonyl (C=O) groups excluding carboxylic acids is 1. The van der Waals surface area contributed by atoms with Gasteiger partial charge in [-0.05, 0) is 58.2 Å². The predicted octanol–water partition coefficient (Wildman–Crippen LogP) is 4.70. The third kappa shape index (κ3) is 5.64. The van der Waals surface area contributed by atoms with Crippen molar-refractivity contribution in [3.05, 3.63) is 61.5 Å². The molecule has 0 fully saturated rings. The molecule has 120 valence electrons. The fourth-order valence-electron chi connectivity index (χ4n) is 1.77. The first kappa shape index (κ1) is 18.0. The summed E-state index contributed by atoms with van der Waals surface area (Å²) in [7, 11) is 0. The molecule has 2 aromatic rings. The first-order valence-electron chi connectivity index (χ1n) is 6.61. The van der Waals surface area contributed by atoms with Crippen LogP contribution < -0.4 is 10.2 Å².